The summed E-state index contributed by atoms with van der Waals surface area (Å²) in [6.07, 6.45) is 3.89. The molecule has 3 N–H and O–H groups in total. The normalized spacial score (nSPS) is 19.1. The molecule has 3 aromatic rings. The molecule has 3 aliphatic heterocycles. The maximum absolute atomic E-state index is 13.3. The number of aromatic nitrogens is 1. The summed E-state index contributed by atoms with van der Waals surface area (Å²) in [5, 5.41) is 9.81. The number of anilines is 1. The van der Waals surface area contributed by atoms with E-state index < -0.39 is 0 Å². The smallest absolute Gasteiger partial charge is 0.319 e. The Balaban J connectivity index is 1.22. The molecule has 0 unspecified atom stereocenters. The van der Waals surface area contributed by atoms with Gasteiger partial charge < -0.3 is 34.9 Å². The van der Waals surface area contributed by atoms with Crippen molar-refractivity contribution in [3.8, 4) is 11.5 Å². The van der Waals surface area contributed by atoms with Crippen LogP contribution in [0.25, 0.3) is 17.0 Å². The van der Waals surface area contributed by atoms with Crippen LogP contribution in [0.15, 0.2) is 48.4 Å². The summed E-state index contributed by atoms with van der Waals surface area (Å²) in [4.78, 5) is 30.4. The molecule has 1 aromatic heterocycles. The van der Waals surface area contributed by atoms with Crippen LogP contribution < -0.4 is 25.4 Å². The monoisotopic (exact) mass is 530 g/mol. The number of nitrogens with one attached hydrogen (secondary N) is 3. The summed E-state index contributed by atoms with van der Waals surface area (Å²) in [7, 11) is 3.82. The molecule has 4 heterocycles. The molecule has 204 valence electrons. The second-order valence-electron chi connectivity index (χ2n) is 10.4. The number of piperazine rings is 1. The van der Waals surface area contributed by atoms with Crippen molar-refractivity contribution in [1.29, 1.82) is 0 Å². The highest BCUT2D eigenvalue weighted by molar-refractivity contribution is 6.15. The van der Waals surface area contributed by atoms with E-state index >= 15 is 0 Å². The predicted octanol–water partition coefficient (Wildman–Crippen LogP) is 2.61. The predicted molar refractivity (Wildman–Crippen MR) is 151 cm³/mol. The summed E-state index contributed by atoms with van der Waals surface area (Å²) in [6, 6.07) is 11.0. The lowest BCUT2D eigenvalue weighted by atomic mass is 10.1. The third-order valence-electron chi connectivity index (χ3n) is 7.70. The number of allylic oxidation sites excluding steroid dienone is 1. The van der Waals surface area contributed by atoms with Crippen LogP contribution >= 0.6 is 0 Å². The van der Waals surface area contributed by atoms with E-state index in [-0.39, 0.29) is 23.6 Å². The lowest BCUT2D eigenvalue weighted by Crippen LogP contribution is -2.57. The Kier molecular flexibility index (Phi) is 6.99. The lowest BCUT2D eigenvalue weighted by Gasteiger charge is -2.32. The topological polar surface area (TPSA) is 100 Å². The number of benzene rings is 2. The minimum absolute atomic E-state index is 0.126. The van der Waals surface area contributed by atoms with Gasteiger partial charge in [0.1, 0.15) is 11.5 Å². The lowest BCUT2D eigenvalue weighted by molar-refractivity contribution is 0.101. The molecule has 10 nitrogen and oxygen atoms in total. The van der Waals surface area contributed by atoms with Crippen molar-refractivity contribution >= 4 is 34.5 Å². The first-order valence-electron chi connectivity index (χ1n) is 13.4. The van der Waals surface area contributed by atoms with Crippen LogP contribution in [0.4, 0.5) is 10.5 Å². The number of likely N-dealkylation sites (N-methyl/N-ethyl adjacent to an activating group) is 1. The molecule has 0 bridgehead atoms. The fourth-order valence-electron chi connectivity index (χ4n) is 5.20. The van der Waals surface area contributed by atoms with Gasteiger partial charge in [0.2, 0.25) is 5.78 Å². The molecule has 39 heavy (non-hydrogen) atoms. The molecule has 0 spiro atoms. The summed E-state index contributed by atoms with van der Waals surface area (Å²) < 4.78 is 13.7. The maximum Gasteiger partial charge on any atom is 0.319 e. The van der Waals surface area contributed by atoms with E-state index in [1.165, 1.54) is 0 Å². The number of ketones is 1. The van der Waals surface area contributed by atoms with E-state index in [0.29, 0.717) is 17.0 Å². The number of methoxy groups -OCH3 is 1. The third kappa shape index (κ3) is 5.36. The number of Topliss-reactive ketones (excluding diaryl/α,β-unsaturated/α-hetero) is 1. The molecule has 2 aromatic carbocycles. The zero-order valence-corrected chi connectivity index (χ0v) is 22.3. The van der Waals surface area contributed by atoms with Crippen LogP contribution in [-0.4, -0.2) is 92.2 Å². The van der Waals surface area contributed by atoms with Gasteiger partial charge in [-0.15, -0.1) is 0 Å². The van der Waals surface area contributed by atoms with Crippen molar-refractivity contribution in [1.82, 2.24) is 25.0 Å². The number of urea groups is 1. The second-order valence-corrected chi connectivity index (χ2v) is 10.4. The fraction of sp³-hybridized carbons (Fsp3) is 0.379. The average Bonchev–Trinajstić information content (AvgIpc) is 3.42. The van der Waals surface area contributed by atoms with Crippen molar-refractivity contribution in [2.45, 2.75) is 12.6 Å². The Morgan fingerprint density at radius 1 is 1.13 bits per heavy atom. The maximum atomic E-state index is 13.3. The summed E-state index contributed by atoms with van der Waals surface area (Å²) >= 11 is 0. The zero-order chi connectivity index (χ0) is 26.9. The van der Waals surface area contributed by atoms with Crippen LogP contribution in [0.2, 0.25) is 0 Å². The molecular weight excluding hydrogens is 496 g/mol. The first-order chi connectivity index (χ1) is 19.0. The molecule has 2 fully saturated rings. The van der Waals surface area contributed by atoms with E-state index in [2.05, 4.69) is 49.6 Å². The van der Waals surface area contributed by atoms with E-state index in [1.807, 2.05) is 12.1 Å². The minimum atomic E-state index is -0.290. The van der Waals surface area contributed by atoms with E-state index in [1.54, 1.807) is 31.4 Å². The van der Waals surface area contributed by atoms with Crippen LogP contribution in [0.3, 0.4) is 0 Å². The summed E-state index contributed by atoms with van der Waals surface area (Å²) in [5.74, 6) is 1.29. The van der Waals surface area contributed by atoms with Gasteiger partial charge in [0, 0.05) is 80.7 Å². The third-order valence-corrected chi connectivity index (χ3v) is 7.70. The number of rotatable bonds is 7. The quantitative estimate of drug-likeness (QED) is 0.404. The number of carbonyl (C=O) groups excluding carboxylic acids is 2. The van der Waals surface area contributed by atoms with Gasteiger partial charge in [-0.3, -0.25) is 9.69 Å². The molecule has 0 atom stereocenters. The van der Waals surface area contributed by atoms with Gasteiger partial charge in [0.25, 0.3) is 0 Å². The van der Waals surface area contributed by atoms with Crippen LogP contribution in [0, 0.1) is 0 Å². The van der Waals surface area contributed by atoms with Gasteiger partial charge in [0.15, 0.2) is 5.76 Å². The van der Waals surface area contributed by atoms with Crippen molar-refractivity contribution in [2.24, 2.45) is 0 Å². The molecule has 6 rings (SSSR count). The standard InChI is InChI=1S/C29H34N6O4/c1-33-7-9-34(10-8-33)11-12-35-18-19(23-15-22(38-2)4-5-25(23)35)13-27-28(36)24-14-20(3-6-26(24)39-27)31-29(37)32-21-16-30-17-21/h3-6,13-15,18,21,30H,7-12,16-17H2,1-2H3,(H2,31,32,37)/b27-13-. The summed E-state index contributed by atoms with van der Waals surface area (Å²) in [6.45, 7) is 7.63. The van der Waals surface area contributed by atoms with Gasteiger partial charge >= 0.3 is 6.03 Å². The molecule has 3 aliphatic rings. The minimum Gasteiger partial charge on any atom is -0.497 e. The molecule has 0 radical (unpaired) electrons. The Morgan fingerprint density at radius 3 is 2.69 bits per heavy atom. The fourth-order valence-corrected chi connectivity index (χ4v) is 5.20. The Morgan fingerprint density at radius 2 is 1.95 bits per heavy atom. The van der Waals surface area contributed by atoms with E-state index in [0.717, 1.165) is 74.6 Å². The average molecular weight is 531 g/mol. The van der Waals surface area contributed by atoms with Crippen molar-refractivity contribution in [3.63, 3.8) is 0 Å². The van der Waals surface area contributed by atoms with Gasteiger partial charge in [-0.1, -0.05) is 0 Å². The van der Waals surface area contributed by atoms with Crippen molar-refractivity contribution < 1.29 is 19.1 Å². The SMILES string of the molecule is COc1ccc2c(c1)c(/C=C1\Oc3ccc(NC(=O)NC4CNC4)cc3C1=O)cn2CCN1CCN(C)CC1. The first-order valence-corrected chi connectivity index (χ1v) is 13.4. The number of carbonyl (C=O) groups is 2. The number of nitrogens with zero attached hydrogens (tertiary/aromatic N) is 3. The number of amides is 2. The summed E-state index contributed by atoms with van der Waals surface area (Å²) in [5.41, 5.74) is 2.95. The van der Waals surface area contributed by atoms with Gasteiger partial charge in [-0.25, -0.2) is 4.79 Å². The van der Waals surface area contributed by atoms with E-state index in [9.17, 15) is 9.59 Å². The van der Waals surface area contributed by atoms with Gasteiger partial charge in [0.05, 0.1) is 18.7 Å². The Hall–Kier alpha value is -3.86. The molecule has 2 saturated heterocycles. The zero-order valence-electron chi connectivity index (χ0n) is 22.3. The van der Waals surface area contributed by atoms with Crippen molar-refractivity contribution in [2.75, 3.05) is 65.3 Å². The van der Waals surface area contributed by atoms with Gasteiger partial charge in [-0.2, -0.15) is 0 Å². The molecule has 0 aliphatic carbocycles. The Labute approximate surface area is 227 Å². The Bertz CT molecular complexity index is 1440. The number of hydrogen-bond acceptors (Lipinski definition) is 7. The molecule has 0 saturated carbocycles. The number of ether oxygens (including phenoxy) is 2. The highest BCUT2D eigenvalue weighted by atomic mass is 16.5. The van der Waals surface area contributed by atoms with Gasteiger partial charge in [-0.05, 0) is 49.5 Å². The second kappa shape index (κ2) is 10.7. The van der Waals surface area contributed by atoms with E-state index in [4.69, 9.17) is 9.47 Å². The number of hydrogen-bond donors (Lipinski definition) is 3. The van der Waals surface area contributed by atoms with Crippen LogP contribution in [0.5, 0.6) is 11.5 Å². The molecular formula is C29H34N6O4. The largest absolute Gasteiger partial charge is 0.497 e. The molecule has 10 heteroatoms. The highest BCUT2D eigenvalue weighted by Gasteiger charge is 2.29. The first kappa shape index (κ1) is 25.4. The number of fused-ring (bicyclic) bond motifs is 2. The van der Waals surface area contributed by atoms with Crippen molar-refractivity contribution in [3.05, 3.63) is 59.5 Å². The molecule has 2 amide bonds. The highest BCUT2D eigenvalue weighted by Crippen LogP contribution is 2.35. The van der Waals surface area contributed by atoms with Crippen LogP contribution in [-0.2, 0) is 6.54 Å². The van der Waals surface area contributed by atoms with Crippen LogP contribution in [0.1, 0.15) is 15.9 Å².